The van der Waals surface area contributed by atoms with Crippen molar-refractivity contribution in [3.63, 3.8) is 0 Å². The van der Waals surface area contributed by atoms with Gasteiger partial charge in [-0.3, -0.25) is 4.68 Å². The Hall–Kier alpha value is -4.07. The molecule has 33 heavy (non-hydrogen) atoms. The number of aromatic nitrogens is 4. The van der Waals surface area contributed by atoms with E-state index in [1.165, 1.54) is 5.56 Å². The number of hydrogen-bond donors (Lipinski definition) is 1. The Balaban J connectivity index is 1.07. The number of anilines is 1. The van der Waals surface area contributed by atoms with Crippen molar-refractivity contribution in [2.24, 2.45) is 0 Å². The van der Waals surface area contributed by atoms with Crippen LogP contribution in [0, 0.1) is 0 Å². The number of benzene rings is 2. The summed E-state index contributed by atoms with van der Waals surface area (Å²) in [6.45, 7) is 1.77. The molecule has 8 heteroatoms. The van der Waals surface area contributed by atoms with Crippen molar-refractivity contribution in [2.45, 2.75) is 32.4 Å². The summed E-state index contributed by atoms with van der Waals surface area (Å²) in [5.74, 6) is 2.09. The lowest BCUT2D eigenvalue weighted by Gasteiger charge is -2.06. The molecule has 1 aliphatic heterocycles. The minimum Gasteiger partial charge on any atom is -0.454 e. The number of nitrogens with one attached hydrogen (secondary N) is 1. The first kappa shape index (κ1) is 20.8. The molecule has 3 heterocycles. The largest absolute Gasteiger partial charge is 0.454 e. The molecule has 0 fully saturated rings. The molecule has 0 saturated heterocycles. The lowest BCUT2D eigenvalue weighted by atomic mass is 10.1. The van der Waals surface area contributed by atoms with Gasteiger partial charge >= 0.3 is 0 Å². The van der Waals surface area contributed by atoms with Crippen LogP contribution in [0.1, 0.15) is 35.6 Å². The summed E-state index contributed by atoms with van der Waals surface area (Å²) < 4.78 is 18.2. The summed E-state index contributed by atoms with van der Waals surface area (Å²) in [5.41, 5.74) is 4.23. The van der Waals surface area contributed by atoms with E-state index in [9.17, 15) is 0 Å². The van der Waals surface area contributed by atoms with Gasteiger partial charge in [0.1, 0.15) is 6.26 Å². The summed E-state index contributed by atoms with van der Waals surface area (Å²) in [5, 5.41) is 11.2. The van der Waals surface area contributed by atoms with Gasteiger partial charge in [-0.2, -0.15) is 0 Å². The fourth-order valence-corrected chi connectivity index (χ4v) is 3.60. The molecule has 0 atom stereocenters. The summed E-state index contributed by atoms with van der Waals surface area (Å²) >= 11 is 0. The predicted molar refractivity (Wildman–Crippen MR) is 125 cm³/mol. The van der Waals surface area contributed by atoms with Crippen LogP contribution in [0.15, 0.2) is 65.5 Å². The Morgan fingerprint density at radius 2 is 1.91 bits per heavy atom. The average molecular weight is 444 g/mol. The Bertz CT molecular complexity index is 1200. The molecule has 2 aromatic heterocycles. The monoisotopic (exact) mass is 443 g/mol. The molecule has 0 unspecified atom stereocenters. The minimum absolute atomic E-state index is 0.270. The van der Waals surface area contributed by atoms with E-state index in [0.29, 0.717) is 12.4 Å². The van der Waals surface area contributed by atoms with Gasteiger partial charge in [0.15, 0.2) is 11.5 Å². The number of aryl methyl sites for hydroxylation is 2. The zero-order chi connectivity index (χ0) is 22.3. The highest BCUT2D eigenvalue weighted by molar-refractivity contribution is 5.68. The molecule has 4 aromatic rings. The maximum Gasteiger partial charge on any atom is 0.231 e. The van der Waals surface area contributed by atoms with Gasteiger partial charge in [0.2, 0.25) is 12.7 Å². The molecule has 0 aliphatic carbocycles. The fourth-order valence-electron chi connectivity index (χ4n) is 3.60. The Kier molecular flexibility index (Phi) is 6.33. The summed E-state index contributed by atoms with van der Waals surface area (Å²) in [4.78, 5) is 4.52. The molecule has 1 N–H and O–H groups in total. The van der Waals surface area contributed by atoms with E-state index >= 15 is 0 Å². The van der Waals surface area contributed by atoms with Gasteiger partial charge in [0.25, 0.3) is 0 Å². The van der Waals surface area contributed by atoms with Crippen molar-refractivity contribution in [3.05, 3.63) is 83.8 Å². The fraction of sp³-hybridized carbons (Fsp3) is 0.240. The van der Waals surface area contributed by atoms with Crippen molar-refractivity contribution < 1.29 is 13.9 Å². The molecular formula is C25H25N5O3. The number of fused-ring (bicyclic) bond motifs is 1. The smallest absolute Gasteiger partial charge is 0.231 e. The van der Waals surface area contributed by atoms with E-state index in [4.69, 9.17) is 13.9 Å². The Labute approximate surface area is 191 Å². The van der Waals surface area contributed by atoms with Crippen LogP contribution >= 0.6 is 0 Å². The quantitative estimate of drug-likeness (QED) is 0.352. The van der Waals surface area contributed by atoms with Gasteiger partial charge in [-0.15, -0.1) is 5.10 Å². The molecule has 0 spiro atoms. The molecule has 1 aliphatic rings. The topological polar surface area (TPSA) is 87.2 Å². The molecule has 5 rings (SSSR count). The highest BCUT2D eigenvalue weighted by atomic mass is 16.7. The van der Waals surface area contributed by atoms with Gasteiger partial charge in [0, 0.05) is 24.5 Å². The molecule has 0 radical (unpaired) electrons. The van der Waals surface area contributed by atoms with Gasteiger partial charge in [-0.1, -0.05) is 23.4 Å². The number of nitrogens with zero attached hydrogens (tertiary/aromatic N) is 4. The van der Waals surface area contributed by atoms with Crippen LogP contribution in [-0.2, 0) is 19.5 Å². The van der Waals surface area contributed by atoms with E-state index in [0.717, 1.165) is 54.3 Å². The number of rotatable bonds is 10. The van der Waals surface area contributed by atoms with Crippen LogP contribution in [0.4, 0.5) is 5.69 Å². The number of unbranched alkanes of at least 4 members (excludes halogenated alkanes) is 1. The average Bonchev–Trinajstić information content (AvgIpc) is 3.62. The molecule has 0 saturated carbocycles. The van der Waals surface area contributed by atoms with Crippen LogP contribution in [0.5, 0.6) is 11.5 Å². The van der Waals surface area contributed by atoms with Crippen LogP contribution in [0.2, 0.25) is 0 Å². The Morgan fingerprint density at radius 1 is 1.00 bits per heavy atom. The molecular weight excluding hydrogens is 418 g/mol. The van der Waals surface area contributed by atoms with Crippen molar-refractivity contribution in [1.29, 1.82) is 0 Å². The van der Waals surface area contributed by atoms with E-state index < -0.39 is 0 Å². The summed E-state index contributed by atoms with van der Waals surface area (Å²) in [7, 11) is 0. The van der Waals surface area contributed by atoms with E-state index in [1.54, 1.807) is 12.5 Å². The highest BCUT2D eigenvalue weighted by Crippen LogP contribution is 2.33. The second kappa shape index (κ2) is 10.0. The van der Waals surface area contributed by atoms with Crippen LogP contribution in [-0.4, -0.2) is 26.8 Å². The molecule has 0 amide bonds. The highest BCUT2D eigenvalue weighted by Gasteiger charge is 2.12. The first-order valence-corrected chi connectivity index (χ1v) is 11.0. The zero-order valence-electron chi connectivity index (χ0n) is 18.2. The normalized spacial score (nSPS) is 12.5. The van der Waals surface area contributed by atoms with Crippen LogP contribution < -0.4 is 14.8 Å². The van der Waals surface area contributed by atoms with E-state index in [1.807, 2.05) is 41.2 Å². The van der Waals surface area contributed by atoms with Gasteiger partial charge in [-0.05, 0) is 60.7 Å². The first-order valence-electron chi connectivity index (χ1n) is 11.0. The Morgan fingerprint density at radius 3 is 2.79 bits per heavy atom. The lowest BCUT2D eigenvalue weighted by molar-refractivity contribution is 0.174. The van der Waals surface area contributed by atoms with E-state index in [2.05, 4.69) is 44.9 Å². The zero-order valence-corrected chi connectivity index (χ0v) is 18.2. The third kappa shape index (κ3) is 5.60. The SMILES string of the molecule is C(=C\c1nc(CNc2ccc(CCCCn3ccnn3)cc2)co1)/c1ccc2c(c1)OCO2. The van der Waals surface area contributed by atoms with E-state index in [-0.39, 0.29) is 6.79 Å². The third-order valence-corrected chi connectivity index (χ3v) is 5.39. The third-order valence-electron chi connectivity index (χ3n) is 5.39. The van der Waals surface area contributed by atoms with Crippen molar-refractivity contribution in [2.75, 3.05) is 12.1 Å². The number of ether oxygens (including phenoxy) is 2. The number of oxazole rings is 1. The maximum atomic E-state index is 5.56. The predicted octanol–water partition coefficient (Wildman–Crippen LogP) is 4.80. The van der Waals surface area contributed by atoms with Crippen molar-refractivity contribution in [3.8, 4) is 11.5 Å². The molecule has 168 valence electrons. The van der Waals surface area contributed by atoms with Gasteiger partial charge in [0.05, 0.1) is 18.4 Å². The van der Waals surface area contributed by atoms with Gasteiger partial charge < -0.3 is 19.2 Å². The van der Waals surface area contributed by atoms with Gasteiger partial charge in [-0.25, -0.2) is 4.98 Å². The van der Waals surface area contributed by atoms with Crippen LogP contribution in [0.25, 0.3) is 12.2 Å². The molecule has 8 nitrogen and oxygen atoms in total. The molecule has 2 aromatic carbocycles. The van der Waals surface area contributed by atoms with Crippen molar-refractivity contribution >= 4 is 17.8 Å². The lowest BCUT2D eigenvalue weighted by Crippen LogP contribution is -2.00. The second-order valence-electron chi connectivity index (χ2n) is 7.80. The maximum absolute atomic E-state index is 5.56. The first-order chi connectivity index (χ1) is 16.3. The number of hydrogen-bond acceptors (Lipinski definition) is 7. The van der Waals surface area contributed by atoms with Crippen molar-refractivity contribution in [1.82, 2.24) is 20.0 Å². The summed E-state index contributed by atoms with van der Waals surface area (Å²) in [6, 6.07) is 14.3. The molecule has 0 bridgehead atoms. The minimum atomic E-state index is 0.270. The summed E-state index contributed by atoms with van der Waals surface area (Å²) in [6.07, 6.45) is 12.3. The standard InChI is InChI=1S/C25H25N5O3/c1(2-13-30-14-12-27-29-30)3-19-4-8-21(9-5-19)26-16-22-17-31-25(28-22)11-7-20-6-10-23-24(15-20)33-18-32-23/h4-12,14-15,17,26H,1-3,13,16,18H2/b11-7+. The second-order valence-corrected chi connectivity index (χ2v) is 7.80. The van der Waals surface area contributed by atoms with Crippen LogP contribution in [0.3, 0.4) is 0 Å².